The number of para-hydroxylation sites is 1. The predicted octanol–water partition coefficient (Wildman–Crippen LogP) is 6.06. The molecule has 2 fully saturated rings. The molecule has 172 valence electrons. The monoisotopic (exact) mass is 444 g/mol. The number of hydrogen-bond acceptors (Lipinski definition) is 4. The molecule has 2 aliphatic rings. The zero-order chi connectivity index (χ0) is 23.2. The SMILES string of the molecule is CC1(C)C[C@H]2C[C@@](C)(CN2Cn2c(O)c(N=NC(=O)Cc3ccccc3)c3ccccc32)C1. The van der Waals surface area contributed by atoms with Gasteiger partial charge in [-0.05, 0) is 41.7 Å². The number of carbonyl (C=O) groups is 1. The highest BCUT2D eigenvalue weighted by molar-refractivity contribution is 5.95. The van der Waals surface area contributed by atoms with E-state index in [2.05, 4.69) is 35.9 Å². The number of benzene rings is 2. The molecule has 0 radical (unpaired) electrons. The number of nitrogens with zero attached hydrogens (tertiary/aromatic N) is 4. The number of likely N-dealkylation sites (tertiary alicyclic amines) is 1. The van der Waals surface area contributed by atoms with Crippen LogP contribution in [0.5, 0.6) is 5.88 Å². The van der Waals surface area contributed by atoms with Gasteiger partial charge in [0.05, 0.1) is 18.6 Å². The highest BCUT2D eigenvalue weighted by Gasteiger charge is 2.49. The predicted molar refractivity (Wildman–Crippen MR) is 130 cm³/mol. The summed E-state index contributed by atoms with van der Waals surface area (Å²) in [5, 5.41) is 20.1. The first kappa shape index (κ1) is 21.8. The van der Waals surface area contributed by atoms with Crippen molar-refractivity contribution in [1.29, 1.82) is 0 Å². The molecule has 6 heteroatoms. The van der Waals surface area contributed by atoms with Crippen molar-refractivity contribution in [2.45, 2.75) is 59.2 Å². The summed E-state index contributed by atoms with van der Waals surface area (Å²) in [5.74, 6) is -0.265. The molecular weight excluding hydrogens is 412 g/mol. The van der Waals surface area contributed by atoms with Gasteiger partial charge in [-0.1, -0.05) is 69.3 Å². The molecule has 2 bridgehead atoms. The zero-order valence-electron chi connectivity index (χ0n) is 19.7. The van der Waals surface area contributed by atoms with Crippen LogP contribution in [0.4, 0.5) is 5.69 Å². The standard InChI is InChI=1S/C27H32N4O2/c1-26(2)14-20-15-27(3,16-26)17-30(20)18-31-22-12-8-7-11-21(22)24(25(31)33)29-28-23(32)13-19-9-5-4-6-10-19/h4-12,20,33H,13-18H2,1-3H3/t20-,27+/m0/s1. The molecule has 0 unspecified atom stereocenters. The molecule has 1 aliphatic heterocycles. The lowest BCUT2D eigenvalue weighted by Crippen LogP contribution is -2.35. The van der Waals surface area contributed by atoms with Crippen molar-refractivity contribution in [2.75, 3.05) is 6.54 Å². The number of hydrogen-bond donors (Lipinski definition) is 1. The van der Waals surface area contributed by atoms with Crippen LogP contribution in [-0.4, -0.2) is 33.1 Å². The van der Waals surface area contributed by atoms with Crippen molar-refractivity contribution in [3.63, 3.8) is 0 Å². The second kappa shape index (κ2) is 8.10. The summed E-state index contributed by atoms with van der Waals surface area (Å²) in [6.07, 6.45) is 3.79. The van der Waals surface area contributed by atoms with E-state index in [1.807, 2.05) is 59.2 Å². The van der Waals surface area contributed by atoms with E-state index < -0.39 is 0 Å². The number of carbonyl (C=O) groups excluding carboxylic acids is 1. The Morgan fingerprint density at radius 1 is 1.06 bits per heavy atom. The Morgan fingerprint density at radius 3 is 2.58 bits per heavy atom. The molecule has 1 saturated heterocycles. The van der Waals surface area contributed by atoms with E-state index in [1.54, 1.807) is 0 Å². The first-order chi connectivity index (χ1) is 15.7. The molecule has 0 spiro atoms. The van der Waals surface area contributed by atoms with E-state index in [0.717, 1.165) is 23.0 Å². The molecule has 1 amide bonds. The number of aromatic hydroxyl groups is 1. The van der Waals surface area contributed by atoms with Gasteiger partial charge in [0.1, 0.15) is 0 Å². The third-order valence-corrected chi connectivity index (χ3v) is 7.22. The van der Waals surface area contributed by atoms with Crippen LogP contribution in [0.15, 0.2) is 64.8 Å². The molecular formula is C27H32N4O2. The summed E-state index contributed by atoms with van der Waals surface area (Å²) in [7, 11) is 0. The van der Waals surface area contributed by atoms with Crippen molar-refractivity contribution in [3.05, 3.63) is 60.2 Å². The van der Waals surface area contributed by atoms with Crippen molar-refractivity contribution >= 4 is 22.5 Å². The summed E-state index contributed by atoms with van der Waals surface area (Å²) >= 11 is 0. The van der Waals surface area contributed by atoms with E-state index in [1.165, 1.54) is 19.3 Å². The average molecular weight is 445 g/mol. The van der Waals surface area contributed by atoms with E-state index in [4.69, 9.17) is 0 Å². The molecule has 5 rings (SSSR count). The summed E-state index contributed by atoms with van der Waals surface area (Å²) in [4.78, 5) is 14.9. The molecule has 2 aromatic carbocycles. The highest BCUT2D eigenvalue weighted by Crippen LogP contribution is 2.53. The second-order valence-electron chi connectivity index (χ2n) is 11.0. The van der Waals surface area contributed by atoms with E-state index in [0.29, 0.717) is 29.2 Å². The lowest BCUT2D eigenvalue weighted by atomic mass is 9.65. The van der Waals surface area contributed by atoms with Crippen molar-refractivity contribution < 1.29 is 9.90 Å². The van der Waals surface area contributed by atoms with Crippen LogP contribution in [0.3, 0.4) is 0 Å². The van der Waals surface area contributed by atoms with Crippen LogP contribution in [-0.2, 0) is 17.9 Å². The minimum atomic E-state index is -0.332. The van der Waals surface area contributed by atoms with Gasteiger partial charge < -0.3 is 5.11 Å². The van der Waals surface area contributed by atoms with Crippen molar-refractivity contribution in [3.8, 4) is 5.88 Å². The van der Waals surface area contributed by atoms with Gasteiger partial charge in [0.15, 0.2) is 5.69 Å². The van der Waals surface area contributed by atoms with Gasteiger partial charge in [-0.2, -0.15) is 0 Å². The Kier molecular flexibility index (Phi) is 5.36. The minimum absolute atomic E-state index is 0.0679. The Hall–Kier alpha value is -2.99. The maximum Gasteiger partial charge on any atom is 0.269 e. The van der Waals surface area contributed by atoms with Crippen molar-refractivity contribution in [2.24, 2.45) is 21.1 Å². The van der Waals surface area contributed by atoms with Gasteiger partial charge in [-0.15, -0.1) is 10.2 Å². The van der Waals surface area contributed by atoms with E-state index in [9.17, 15) is 9.90 Å². The molecule has 1 saturated carbocycles. The van der Waals surface area contributed by atoms with Crippen LogP contribution in [0.2, 0.25) is 0 Å². The molecule has 1 aliphatic carbocycles. The summed E-state index contributed by atoms with van der Waals surface area (Å²) in [6.45, 7) is 8.77. The van der Waals surface area contributed by atoms with E-state index >= 15 is 0 Å². The van der Waals surface area contributed by atoms with Gasteiger partial charge >= 0.3 is 0 Å². The summed E-state index contributed by atoms with van der Waals surface area (Å²) < 4.78 is 1.92. The lowest BCUT2D eigenvalue weighted by molar-refractivity contribution is -0.117. The van der Waals surface area contributed by atoms with Crippen LogP contribution < -0.4 is 0 Å². The smallest absolute Gasteiger partial charge is 0.269 e. The van der Waals surface area contributed by atoms with Crippen molar-refractivity contribution in [1.82, 2.24) is 9.47 Å². The van der Waals surface area contributed by atoms with Gasteiger partial charge in [-0.3, -0.25) is 14.3 Å². The second-order valence-corrected chi connectivity index (χ2v) is 11.0. The Balaban J connectivity index is 1.42. The van der Waals surface area contributed by atoms with Gasteiger partial charge in [-0.25, -0.2) is 0 Å². The number of fused-ring (bicyclic) bond motifs is 3. The molecule has 1 aromatic heterocycles. The summed E-state index contributed by atoms with van der Waals surface area (Å²) in [5.41, 5.74) is 2.82. The van der Waals surface area contributed by atoms with E-state index in [-0.39, 0.29) is 18.2 Å². The Labute approximate surface area is 194 Å². The fourth-order valence-corrected chi connectivity index (χ4v) is 6.35. The largest absolute Gasteiger partial charge is 0.493 e. The zero-order valence-corrected chi connectivity index (χ0v) is 19.7. The molecule has 33 heavy (non-hydrogen) atoms. The van der Waals surface area contributed by atoms with Crippen LogP contribution in [0.25, 0.3) is 10.9 Å². The average Bonchev–Trinajstić information content (AvgIpc) is 3.16. The number of azo groups is 1. The third kappa shape index (κ3) is 4.32. The molecule has 2 heterocycles. The maximum atomic E-state index is 12.4. The first-order valence-electron chi connectivity index (χ1n) is 11.8. The van der Waals surface area contributed by atoms with Gasteiger partial charge in [0, 0.05) is 18.0 Å². The minimum Gasteiger partial charge on any atom is -0.493 e. The molecule has 3 aromatic rings. The molecule has 6 nitrogen and oxygen atoms in total. The van der Waals surface area contributed by atoms with Crippen LogP contribution in [0.1, 0.15) is 45.6 Å². The Morgan fingerprint density at radius 2 is 1.79 bits per heavy atom. The fourth-order valence-electron chi connectivity index (χ4n) is 6.35. The van der Waals surface area contributed by atoms with Crippen LogP contribution in [0, 0.1) is 10.8 Å². The van der Waals surface area contributed by atoms with Gasteiger partial charge in [0.2, 0.25) is 5.88 Å². The fraction of sp³-hybridized carbons (Fsp3) is 0.444. The number of aromatic nitrogens is 1. The third-order valence-electron chi connectivity index (χ3n) is 7.22. The maximum absolute atomic E-state index is 12.4. The molecule has 2 atom stereocenters. The lowest BCUT2D eigenvalue weighted by Gasteiger charge is -2.40. The topological polar surface area (TPSA) is 70.2 Å². The summed E-state index contributed by atoms with van der Waals surface area (Å²) in [6, 6.07) is 17.8. The molecule has 1 N–H and O–H groups in total. The first-order valence-corrected chi connectivity index (χ1v) is 11.8. The van der Waals surface area contributed by atoms with Gasteiger partial charge in [0.25, 0.3) is 5.91 Å². The normalized spacial score (nSPS) is 24.6. The Bertz CT molecular complexity index is 1210. The highest BCUT2D eigenvalue weighted by atomic mass is 16.3. The quantitative estimate of drug-likeness (QED) is 0.486. The number of amides is 1. The van der Waals surface area contributed by atoms with Crippen LogP contribution >= 0.6 is 0 Å². The number of rotatable bonds is 5.